The van der Waals surface area contributed by atoms with E-state index in [4.69, 9.17) is 5.73 Å². The fourth-order valence-corrected chi connectivity index (χ4v) is 5.40. The Hall–Kier alpha value is -1.34. The molecule has 0 saturated heterocycles. The fourth-order valence-electron chi connectivity index (χ4n) is 3.22. The van der Waals surface area contributed by atoms with Crippen LogP contribution in [0.25, 0.3) is 10.2 Å². The van der Waals surface area contributed by atoms with Gasteiger partial charge in [-0.2, -0.15) is 0 Å². The number of primary amides is 1. The lowest BCUT2D eigenvalue weighted by atomic mass is 9.72. The fraction of sp³-hybridized carbons (Fsp3) is 0.588. The van der Waals surface area contributed by atoms with Gasteiger partial charge in [-0.1, -0.05) is 32.5 Å². The van der Waals surface area contributed by atoms with E-state index >= 15 is 0 Å². The summed E-state index contributed by atoms with van der Waals surface area (Å²) in [6.07, 6.45) is 3.39. The Morgan fingerprint density at radius 1 is 1.46 bits per heavy atom. The zero-order valence-corrected chi connectivity index (χ0v) is 15.9. The second-order valence-corrected chi connectivity index (χ2v) is 9.59. The molecule has 3 N–H and O–H groups in total. The van der Waals surface area contributed by atoms with Gasteiger partial charge in [0.1, 0.15) is 4.83 Å². The molecular formula is C17H23N3O2S2. The normalized spacial score (nSPS) is 17.9. The van der Waals surface area contributed by atoms with Crippen LogP contribution >= 0.6 is 23.1 Å². The van der Waals surface area contributed by atoms with Crippen LogP contribution in [0.5, 0.6) is 0 Å². The molecule has 0 fully saturated rings. The highest BCUT2D eigenvalue weighted by molar-refractivity contribution is 7.99. The number of thiophene rings is 1. The average molecular weight is 366 g/mol. The molecule has 130 valence electrons. The number of amides is 1. The summed E-state index contributed by atoms with van der Waals surface area (Å²) in [5.41, 5.74) is 6.56. The number of hydrogen-bond acceptors (Lipinski definition) is 5. The molecular weight excluding hydrogens is 342 g/mol. The van der Waals surface area contributed by atoms with Crippen LogP contribution in [0.3, 0.4) is 0 Å². The molecule has 0 radical (unpaired) electrons. The largest absolute Gasteiger partial charge is 0.370 e. The van der Waals surface area contributed by atoms with Crippen molar-refractivity contribution in [3.05, 3.63) is 20.8 Å². The van der Waals surface area contributed by atoms with Crippen LogP contribution in [0.1, 0.15) is 44.1 Å². The first-order valence-electron chi connectivity index (χ1n) is 8.21. The molecule has 1 atom stereocenters. The molecule has 1 amide bonds. The quantitative estimate of drug-likeness (QED) is 0.643. The number of aromatic nitrogens is 2. The van der Waals surface area contributed by atoms with Crippen molar-refractivity contribution in [1.82, 2.24) is 9.97 Å². The van der Waals surface area contributed by atoms with Gasteiger partial charge in [0.25, 0.3) is 5.56 Å². The topological polar surface area (TPSA) is 88.8 Å². The molecule has 0 spiro atoms. The highest BCUT2D eigenvalue weighted by Crippen LogP contribution is 2.42. The molecule has 24 heavy (non-hydrogen) atoms. The summed E-state index contributed by atoms with van der Waals surface area (Å²) in [6, 6.07) is 0. The average Bonchev–Trinajstić information content (AvgIpc) is 2.83. The first-order valence-corrected chi connectivity index (χ1v) is 10.0. The number of hydrogen-bond donors (Lipinski definition) is 2. The van der Waals surface area contributed by atoms with Gasteiger partial charge in [-0.25, -0.2) is 4.98 Å². The third kappa shape index (κ3) is 3.52. The van der Waals surface area contributed by atoms with Crippen molar-refractivity contribution in [2.45, 2.75) is 51.6 Å². The number of thioether (sulfide) groups is 1. The minimum Gasteiger partial charge on any atom is -0.370 e. The van der Waals surface area contributed by atoms with E-state index in [1.165, 1.54) is 22.2 Å². The number of carbonyl (C=O) groups excluding carboxylic acids is 1. The number of fused-ring (bicyclic) bond motifs is 3. The van der Waals surface area contributed by atoms with Gasteiger partial charge >= 0.3 is 0 Å². The standard InChI is InChI=1S/C17H23N3O2S2/c1-17(2,3)9-4-5-10-11(8-9)24-15-13(10)14(22)19-16(20-15)23-7-6-12(18)21/h9H,4-8H2,1-3H3,(H2,18,21)(H,19,20,22). The van der Waals surface area contributed by atoms with Crippen molar-refractivity contribution >= 4 is 39.2 Å². The monoisotopic (exact) mass is 365 g/mol. The summed E-state index contributed by atoms with van der Waals surface area (Å²) in [5, 5.41) is 1.33. The van der Waals surface area contributed by atoms with Gasteiger partial charge in [0.15, 0.2) is 5.16 Å². The first kappa shape index (κ1) is 17.5. The molecule has 2 aromatic rings. The third-order valence-electron chi connectivity index (χ3n) is 4.71. The molecule has 1 unspecified atom stereocenters. The predicted octanol–water partition coefficient (Wildman–Crippen LogP) is 3.10. The van der Waals surface area contributed by atoms with Crippen LogP contribution < -0.4 is 11.3 Å². The van der Waals surface area contributed by atoms with Gasteiger partial charge in [-0.15, -0.1) is 11.3 Å². The Bertz CT molecular complexity index is 833. The molecule has 1 aliphatic carbocycles. The zero-order valence-electron chi connectivity index (χ0n) is 14.3. The molecule has 5 nitrogen and oxygen atoms in total. The first-order chi connectivity index (χ1) is 11.3. The minimum atomic E-state index is -0.342. The summed E-state index contributed by atoms with van der Waals surface area (Å²) in [4.78, 5) is 32.9. The third-order valence-corrected chi connectivity index (χ3v) is 6.73. The summed E-state index contributed by atoms with van der Waals surface area (Å²) >= 11 is 3.02. The molecule has 2 aromatic heterocycles. The Balaban J connectivity index is 1.91. The molecule has 3 rings (SSSR count). The van der Waals surface area contributed by atoms with Crippen LogP contribution in [0.4, 0.5) is 0 Å². The van der Waals surface area contributed by atoms with Crippen LogP contribution in [-0.2, 0) is 17.6 Å². The second kappa shape index (κ2) is 6.52. The van der Waals surface area contributed by atoms with Gasteiger partial charge in [0.05, 0.1) is 5.39 Å². The van der Waals surface area contributed by atoms with Crippen LogP contribution in [0, 0.1) is 11.3 Å². The number of nitrogens with zero attached hydrogens (tertiary/aromatic N) is 1. The maximum atomic E-state index is 12.5. The Morgan fingerprint density at radius 2 is 2.21 bits per heavy atom. The number of H-pyrrole nitrogens is 1. The van der Waals surface area contributed by atoms with E-state index in [1.807, 2.05) is 0 Å². The predicted molar refractivity (Wildman–Crippen MR) is 99.7 cm³/mol. The lowest BCUT2D eigenvalue weighted by Gasteiger charge is -2.33. The van der Waals surface area contributed by atoms with Crippen molar-refractivity contribution in [3.63, 3.8) is 0 Å². The van der Waals surface area contributed by atoms with Gasteiger partial charge in [-0.05, 0) is 36.2 Å². The van der Waals surface area contributed by atoms with E-state index in [9.17, 15) is 9.59 Å². The van der Waals surface area contributed by atoms with E-state index < -0.39 is 0 Å². The second-order valence-electron chi connectivity index (χ2n) is 7.43. The van der Waals surface area contributed by atoms with E-state index in [2.05, 4.69) is 30.7 Å². The molecule has 1 aliphatic rings. The van der Waals surface area contributed by atoms with E-state index in [0.717, 1.165) is 29.5 Å². The summed E-state index contributed by atoms with van der Waals surface area (Å²) < 4.78 is 0. The SMILES string of the molecule is CC(C)(C)C1CCc2c(sc3nc(SCCC(N)=O)[nH]c(=O)c23)C1. The Labute approximate surface area is 149 Å². The number of nitrogens with two attached hydrogens (primary N) is 1. The molecule has 2 heterocycles. The number of aryl methyl sites for hydroxylation is 1. The van der Waals surface area contributed by atoms with Crippen LogP contribution in [-0.4, -0.2) is 21.6 Å². The summed E-state index contributed by atoms with van der Waals surface area (Å²) in [6.45, 7) is 6.86. The number of nitrogens with one attached hydrogen (secondary N) is 1. The van der Waals surface area contributed by atoms with Crippen LogP contribution in [0.15, 0.2) is 9.95 Å². The van der Waals surface area contributed by atoms with Gasteiger partial charge in [0.2, 0.25) is 5.91 Å². The number of carbonyl (C=O) groups is 1. The van der Waals surface area contributed by atoms with E-state index in [0.29, 0.717) is 16.8 Å². The number of rotatable bonds is 4. The molecule has 0 aromatic carbocycles. The smallest absolute Gasteiger partial charge is 0.260 e. The van der Waals surface area contributed by atoms with Gasteiger partial charge in [-0.3, -0.25) is 9.59 Å². The highest BCUT2D eigenvalue weighted by atomic mass is 32.2. The number of aromatic amines is 1. The van der Waals surface area contributed by atoms with Crippen molar-refractivity contribution in [1.29, 1.82) is 0 Å². The Morgan fingerprint density at radius 3 is 2.88 bits per heavy atom. The van der Waals surface area contributed by atoms with Crippen molar-refractivity contribution in [2.24, 2.45) is 17.1 Å². The van der Waals surface area contributed by atoms with Crippen molar-refractivity contribution < 1.29 is 4.79 Å². The van der Waals surface area contributed by atoms with Gasteiger partial charge in [0, 0.05) is 17.1 Å². The molecule has 7 heteroatoms. The minimum absolute atomic E-state index is 0.0618. The maximum Gasteiger partial charge on any atom is 0.260 e. The Kier molecular flexibility index (Phi) is 4.75. The summed E-state index contributed by atoms with van der Waals surface area (Å²) in [5.74, 6) is 0.827. The van der Waals surface area contributed by atoms with Crippen LogP contribution in [0.2, 0.25) is 0 Å². The van der Waals surface area contributed by atoms with Gasteiger partial charge < -0.3 is 10.7 Å². The summed E-state index contributed by atoms with van der Waals surface area (Å²) in [7, 11) is 0. The molecule has 0 bridgehead atoms. The maximum absolute atomic E-state index is 12.5. The van der Waals surface area contributed by atoms with Crippen molar-refractivity contribution in [3.8, 4) is 0 Å². The van der Waals surface area contributed by atoms with E-state index in [-0.39, 0.29) is 23.3 Å². The molecule has 0 saturated carbocycles. The van der Waals surface area contributed by atoms with Crippen molar-refractivity contribution in [2.75, 3.05) is 5.75 Å². The lowest BCUT2D eigenvalue weighted by Crippen LogP contribution is -2.26. The van der Waals surface area contributed by atoms with E-state index in [1.54, 1.807) is 11.3 Å². The highest BCUT2D eigenvalue weighted by Gasteiger charge is 2.31. The lowest BCUT2D eigenvalue weighted by molar-refractivity contribution is -0.117. The zero-order chi connectivity index (χ0) is 17.5. The molecule has 0 aliphatic heterocycles.